The highest BCUT2D eigenvalue weighted by atomic mass is 16.5. The van der Waals surface area contributed by atoms with Crippen molar-refractivity contribution in [3.05, 3.63) is 65.2 Å². The molecular formula is C23H25NO6. The maximum absolute atomic E-state index is 13.0. The molecule has 1 unspecified atom stereocenters. The van der Waals surface area contributed by atoms with Crippen molar-refractivity contribution in [2.45, 2.75) is 12.5 Å². The van der Waals surface area contributed by atoms with Crippen molar-refractivity contribution < 1.29 is 28.9 Å². The molecule has 7 nitrogen and oxygen atoms in total. The van der Waals surface area contributed by atoms with Crippen LogP contribution in [0.4, 0.5) is 0 Å². The number of amides is 1. The number of ketones is 1. The van der Waals surface area contributed by atoms with Gasteiger partial charge < -0.3 is 24.2 Å². The van der Waals surface area contributed by atoms with Gasteiger partial charge in [-0.25, -0.2) is 0 Å². The number of carbonyl (C=O) groups is 2. The summed E-state index contributed by atoms with van der Waals surface area (Å²) in [7, 11) is 4.63. The average molecular weight is 411 g/mol. The van der Waals surface area contributed by atoms with E-state index in [4.69, 9.17) is 14.2 Å². The molecule has 2 aromatic carbocycles. The average Bonchev–Trinajstić information content (AvgIpc) is 3.03. The number of nitrogens with zero attached hydrogens (tertiary/aromatic N) is 1. The van der Waals surface area contributed by atoms with Gasteiger partial charge in [0.05, 0.1) is 25.8 Å². The Bertz CT molecular complexity index is 953. The highest BCUT2D eigenvalue weighted by Crippen LogP contribution is 2.43. The van der Waals surface area contributed by atoms with Gasteiger partial charge in [0.25, 0.3) is 11.7 Å². The molecule has 0 radical (unpaired) electrons. The smallest absolute Gasteiger partial charge is 0.295 e. The summed E-state index contributed by atoms with van der Waals surface area (Å²) in [5.74, 6) is -0.568. The molecule has 1 atom stereocenters. The van der Waals surface area contributed by atoms with Crippen molar-refractivity contribution in [2.75, 3.05) is 34.5 Å². The van der Waals surface area contributed by atoms with Crippen molar-refractivity contribution in [3.8, 4) is 11.5 Å². The van der Waals surface area contributed by atoms with Gasteiger partial charge in [0.1, 0.15) is 17.3 Å². The molecule has 1 heterocycles. The molecule has 1 saturated heterocycles. The Balaban J connectivity index is 2.18. The van der Waals surface area contributed by atoms with Crippen molar-refractivity contribution in [1.29, 1.82) is 0 Å². The highest BCUT2D eigenvalue weighted by Gasteiger charge is 2.46. The molecule has 158 valence electrons. The van der Waals surface area contributed by atoms with E-state index >= 15 is 0 Å². The fourth-order valence-corrected chi connectivity index (χ4v) is 3.61. The zero-order valence-electron chi connectivity index (χ0n) is 17.3. The van der Waals surface area contributed by atoms with E-state index in [1.54, 1.807) is 56.7 Å². The number of benzene rings is 2. The van der Waals surface area contributed by atoms with E-state index in [9.17, 15) is 14.7 Å². The molecule has 1 aliphatic heterocycles. The summed E-state index contributed by atoms with van der Waals surface area (Å²) >= 11 is 0. The number of hydrogen-bond donors (Lipinski definition) is 1. The lowest BCUT2D eigenvalue weighted by molar-refractivity contribution is -0.140. The molecular weight excluding hydrogens is 386 g/mol. The van der Waals surface area contributed by atoms with Gasteiger partial charge in [0, 0.05) is 37.5 Å². The monoisotopic (exact) mass is 411 g/mol. The summed E-state index contributed by atoms with van der Waals surface area (Å²) < 4.78 is 15.9. The van der Waals surface area contributed by atoms with Crippen LogP contribution in [-0.2, 0) is 14.3 Å². The Morgan fingerprint density at radius 3 is 2.40 bits per heavy atom. The van der Waals surface area contributed by atoms with E-state index in [0.29, 0.717) is 42.2 Å². The SMILES string of the molecule is COCCCN1C(=O)C(=O)C(=C(O)c2ccccc2)C1c1ccc(OC)cc1OC. The van der Waals surface area contributed by atoms with Crippen LogP contribution in [-0.4, -0.2) is 56.2 Å². The maximum Gasteiger partial charge on any atom is 0.295 e. The number of methoxy groups -OCH3 is 3. The zero-order chi connectivity index (χ0) is 21.7. The summed E-state index contributed by atoms with van der Waals surface area (Å²) in [6.07, 6.45) is 0.546. The lowest BCUT2D eigenvalue weighted by atomic mass is 9.94. The molecule has 0 saturated carbocycles. The van der Waals surface area contributed by atoms with Gasteiger partial charge in [0.15, 0.2) is 0 Å². The van der Waals surface area contributed by atoms with Gasteiger partial charge in [-0.2, -0.15) is 0 Å². The molecule has 0 spiro atoms. The lowest BCUT2D eigenvalue weighted by Crippen LogP contribution is -2.31. The first-order chi connectivity index (χ1) is 14.5. The number of carbonyl (C=O) groups excluding carboxylic acids is 2. The molecule has 1 amide bonds. The van der Waals surface area contributed by atoms with Crippen LogP contribution in [0.15, 0.2) is 54.1 Å². The number of hydrogen-bond acceptors (Lipinski definition) is 6. The summed E-state index contributed by atoms with van der Waals surface area (Å²) in [5.41, 5.74) is 1.09. The van der Waals surface area contributed by atoms with Crippen LogP contribution in [0.3, 0.4) is 0 Å². The molecule has 1 N–H and O–H groups in total. The Kier molecular flexibility index (Phi) is 6.74. The zero-order valence-corrected chi connectivity index (χ0v) is 17.3. The number of Topliss-reactive ketones (excluding diaryl/α,β-unsaturated/α-hetero) is 1. The van der Waals surface area contributed by atoms with Crippen molar-refractivity contribution >= 4 is 17.4 Å². The van der Waals surface area contributed by atoms with Crippen molar-refractivity contribution in [2.24, 2.45) is 0 Å². The minimum atomic E-state index is -0.789. The van der Waals surface area contributed by atoms with E-state index in [2.05, 4.69) is 0 Å². The highest BCUT2D eigenvalue weighted by molar-refractivity contribution is 6.46. The molecule has 2 aromatic rings. The number of likely N-dealkylation sites (tertiary alicyclic amines) is 1. The minimum absolute atomic E-state index is 0.0343. The van der Waals surface area contributed by atoms with Gasteiger partial charge >= 0.3 is 0 Å². The summed E-state index contributed by atoms with van der Waals surface area (Å²) in [5, 5.41) is 11.0. The second-order valence-electron chi connectivity index (χ2n) is 6.81. The molecule has 1 aliphatic rings. The van der Waals surface area contributed by atoms with E-state index in [1.807, 2.05) is 6.07 Å². The Morgan fingerprint density at radius 1 is 1.03 bits per heavy atom. The van der Waals surface area contributed by atoms with Gasteiger partial charge in [-0.3, -0.25) is 9.59 Å². The normalized spacial score (nSPS) is 18.0. The third kappa shape index (κ3) is 4.02. The van der Waals surface area contributed by atoms with Crippen molar-refractivity contribution in [3.63, 3.8) is 0 Å². The molecule has 30 heavy (non-hydrogen) atoms. The first kappa shape index (κ1) is 21.4. The quantitative estimate of drug-likeness (QED) is 0.311. The molecule has 1 fully saturated rings. The first-order valence-corrected chi connectivity index (χ1v) is 9.58. The summed E-state index contributed by atoms with van der Waals surface area (Å²) in [4.78, 5) is 27.3. The Morgan fingerprint density at radius 2 is 1.77 bits per heavy atom. The lowest BCUT2D eigenvalue weighted by Gasteiger charge is -2.26. The van der Waals surface area contributed by atoms with Gasteiger partial charge in [-0.05, 0) is 18.6 Å². The van der Waals surface area contributed by atoms with Crippen LogP contribution in [0.25, 0.3) is 5.76 Å². The molecule has 7 heteroatoms. The van der Waals surface area contributed by atoms with Crippen LogP contribution >= 0.6 is 0 Å². The van der Waals surface area contributed by atoms with Crippen LogP contribution in [0.2, 0.25) is 0 Å². The molecule has 3 rings (SSSR count). The van der Waals surface area contributed by atoms with Crippen molar-refractivity contribution in [1.82, 2.24) is 4.90 Å². The number of ether oxygens (including phenoxy) is 3. The fraction of sp³-hybridized carbons (Fsp3) is 0.304. The maximum atomic E-state index is 13.0. The molecule has 0 bridgehead atoms. The van der Waals surface area contributed by atoms with Gasteiger partial charge in [0.2, 0.25) is 0 Å². The molecule has 0 aromatic heterocycles. The summed E-state index contributed by atoms with van der Waals surface area (Å²) in [6, 6.07) is 13.1. The van der Waals surface area contributed by atoms with E-state index in [-0.39, 0.29) is 11.3 Å². The second kappa shape index (κ2) is 9.45. The van der Waals surface area contributed by atoms with Crippen LogP contribution in [0, 0.1) is 0 Å². The second-order valence-corrected chi connectivity index (χ2v) is 6.81. The number of rotatable bonds is 8. The number of aliphatic hydroxyl groups excluding tert-OH is 1. The molecule has 0 aliphatic carbocycles. The van der Waals surface area contributed by atoms with E-state index < -0.39 is 17.7 Å². The number of aliphatic hydroxyl groups is 1. The van der Waals surface area contributed by atoms with Gasteiger partial charge in [-0.1, -0.05) is 30.3 Å². The van der Waals surface area contributed by atoms with E-state index in [0.717, 1.165) is 0 Å². The fourth-order valence-electron chi connectivity index (χ4n) is 3.61. The van der Waals surface area contributed by atoms with Crippen LogP contribution in [0.1, 0.15) is 23.6 Å². The third-order valence-corrected chi connectivity index (χ3v) is 5.07. The van der Waals surface area contributed by atoms with Crippen LogP contribution < -0.4 is 9.47 Å². The topological polar surface area (TPSA) is 85.3 Å². The first-order valence-electron chi connectivity index (χ1n) is 9.58. The minimum Gasteiger partial charge on any atom is -0.507 e. The van der Waals surface area contributed by atoms with Crippen LogP contribution in [0.5, 0.6) is 11.5 Å². The standard InChI is InChI=1S/C23H25NO6/c1-28-13-7-12-24-20(17-11-10-16(29-2)14-18(17)30-3)19(22(26)23(24)27)21(25)15-8-5-4-6-9-15/h4-6,8-11,14,20,25H,7,12-13H2,1-3H3. The Hall–Kier alpha value is -3.32. The predicted octanol–water partition coefficient (Wildman–Crippen LogP) is 3.16. The van der Waals surface area contributed by atoms with E-state index in [1.165, 1.54) is 12.0 Å². The third-order valence-electron chi connectivity index (χ3n) is 5.07. The Labute approximate surface area is 175 Å². The largest absolute Gasteiger partial charge is 0.507 e. The predicted molar refractivity (Wildman–Crippen MR) is 111 cm³/mol. The van der Waals surface area contributed by atoms with Gasteiger partial charge in [-0.15, -0.1) is 0 Å². The summed E-state index contributed by atoms with van der Waals surface area (Å²) in [6.45, 7) is 0.734.